The summed E-state index contributed by atoms with van der Waals surface area (Å²) in [5.41, 5.74) is 1.67. The van der Waals surface area contributed by atoms with E-state index in [2.05, 4.69) is 5.10 Å². The van der Waals surface area contributed by atoms with Crippen LogP contribution in [-0.4, -0.2) is 41.8 Å². The molecule has 0 N–H and O–H groups in total. The molecule has 2 rings (SSSR count). The van der Waals surface area contributed by atoms with Crippen molar-refractivity contribution in [1.82, 2.24) is 14.7 Å². The van der Waals surface area contributed by atoms with Crippen molar-refractivity contribution in [2.24, 2.45) is 7.05 Å². The van der Waals surface area contributed by atoms with E-state index >= 15 is 0 Å². The molecule has 1 aromatic carbocycles. The van der Waals surface area contributed by atoms with E-state index in [0.717, 1.165) is 11.3 Å². The van der Waals surface area contributed by atoms with Gasteiger partial charge in [0.05, 0.1) is 12.3 Å². The van der Waals surface area contributed by atoms with Crippen molar-refractivity contribution >= 4 is 0 Å². The number of aryl methyl sites for hydroxylation is 1. The van der Waals surface area contributed by atoms with Crippen LogP contribution in [0.25, 0.3) is 0 Å². The second-order valence-electron chi connectivity index (χ2n) is 4.19. The summed E-state index contributed by atoms with van der Waals surface area (Å²) in [6, 6.07) is 11.2. The summed E-state index contributed by atoms with van der Waals surface area (Å²) in [4.78, 5) is 0.491. The fourth-order valence-corrected chi connectivity index (χ4v) is 1.88. The standard InChI is InChI=1S/C15H21N3O/c1-17(2)11-12-19-15(13-7-5-4-6-8-13)14-9-10-16-18(14)3/h4-10,15H,11-12H2,1-3H3/i1D3,2D3. The highest BCUT2D eigenvalue weighted by Crippen LogP contribution is 2.25. The van der Waals surface area contributed by atoms with Crippen LogP contribution >= 0.6 is 0 Å². The molecule has 0 saturated heterocycles. The number of hydrogen-bond donors (Lipinski definition) is 0. The summed E-state index contributed by atoms with van der Waals surface area (Å²) in [6.07, 6.45) is 1.18. The molecule has 4 heteroatoms. The first-order valence-corrected chi connectivity index (χ1v) is 6.03. The van der Waals surface area contributed by atoms with Crippen molar-refractivity contribution in [1.29, 1.82) is 0 Å². The quantitative estimate of drug-likeness (QED) is 0.801. The van der Waals surface area contributed by atoms with Crippen molar-refractivity contribution in [3.05, 3.63) is 53.9 Å². The van der Waals surface area contributed by atoms with Crippen molar-refractivity contribution in [2.75, 3.05) is 27.1 Å². The molecule has 1 heterocycles. The summed E-state index contributed by atoms with van der Waals surface area (Å²) >= 11 is 0. The van der Waals surface area contributed by atoms with E-state index in [0.29, 0.717) is 4.90 Å². The van der Waals surface area contributed by atoms with Crippen LogP contribution in [0.15, 0.2) is 42.6 Å². The summed E-state index contributed by atoms with van der Waals surface area (Å²) in [6.45, 7) is -5.73. The minimum atomic E-state index is -2.72. The molecule has 102 valence electrons. The molecule has 4 nitrogen and oxygen atoms in total. The third kappa shape index (κ3) is 3.66. The van der Waals surface area contributed by atoms with Crippen LogP contribution in [0.3, 0.4) is 0 Å². The molecule has 2 aromatic rings. The van der Waals surface area contributed by atoms with Crippen LogP contribution in [0.1, 0.15) is 25.6 Å². The van der Waals surface area contributed by atoms with Crippen molar-refractivity contribution in [3.8, 4) is 0 Å². The van der Waals surface area contributed by atoms with Gasteiger partial charge in [0.15, 0.2) is 0 Å². The summed E-state index contributed by atoms with van der Waals surface area (Å²) in [5, 5.41) is 4.13. The Balaban J connectivity index is 2.15. The second-order valence-corrected chi connectivity index (χ2v) is 4.19. The average Bonchev–Trinajstić information content (AvgIpc) is 2.91. The number of nitrogens with zero attached hydrogens (tertiary/aromatic N) is 3. The van der Waals surface area contributed by atoms with Crippen LogP contribution in [0, 0.1) is 0 Å². The Kier molecular flexibility index (Phi) is 2.67. The van der Waals surface area contributed by atoms with Gasteiger partial charge in [0, 0.05) is 28.0 Å². The largest absolute Gasteiger partial charge is 0.366 e. The van der Waals surface area contributed by atoms with E-state index in [1.807, 2.05) is 36.4 Å². The minimum absolute atomic E-state index is 0.0540. The van der Waals surface area contributed by atoms with Gasteiger partial charge in [-0.25, -0.2) is 0 Å². The van der Waals surface area contributed by atoms with E-state index in [-0.39, 0.29) is 13.2 Å². The van der Waals surface area contributed by atoms with Crippen LogP contribution in [-0.2, 0) is 11.8 Å². The number of ether oxygens (including phenoxy) is 1. The maximum Gasteiger partial charge on any atom is 0.124 e. The zero-order valence-electron chi connectivity index (χ0n) is 16.8. The summed E-state index contributed by atoms with van der Waals surface area (Å²) in [5.74, 6) is 0. The second kappa shape index (κ2) is 6.50. The Morgan fingerprint density at radius 3 is 2.74 bits per heavy atom. The normalized spacial score (nSPS) is 18.8. The molecule has 0 aliphatic carbocycles. The molecule has 0 saturated carbocycles. The number of aromatic nitrogens is 2. The summed E-state index contributed by atoms with van der Waals surface area (Å²) < 4.78 is 51.9. The lowest BCUT2D eigenvalue weighted by Crippen LogP contribution is -2.20. The number of benzene rings is 1. The van der Waals surface area contributed by atoms with Gasteiger partial charge < -0.3 is 9.64 Å². The fourth-order valence-electron chi connectivity index (χ4n) is 1.88. The average molecular weight is 265 g/mol. The molecule has 1 atom stereocenters. The van der Waals surface area contributed by atoms with Gasteiger partial charge in [-0.2, -0.15) is 5.10 Å². The van der Waals surface area contributed by atoms with Gasteiger partial charge in [-0.05, 0) is 25.6 Å². The molecular weight excluding hydrogens is 238 g/mol. The molecule has 0 spiro atoms. The Hall–Kier alpha value is -1.65. The molecule has 0 aliphatic heterocycles. The van der Waals surface area contributed by atoms with Gasteiger partial charge in [0.2, 0.25) is 0 Å². The Morgan fingerprint density at radius 1 is 1.32 bits per heavy atom. The smallest absolute Gasteiger partial charge is 0.124 e. The van der Waals surface area contributed by atoms with Crippen molar-refractivity contribution in [2.45, 2.75) is 6.10 Å². The van der Waals surface area contributed by atoms with Gasteiger partial charge >= 0.3 is 0 Å². The van der Waals surface area contributed by atoms with Crippen LogP contribution < -0.4 is 0 Å². The first kappa shape index (κ1) is 7.82. The van der Waals surface area contributed by atoms with Crippen molar-refractivity contribution < 1.29 is 13.0 Å². The van der Waals surface area contributed by atoms with Crippen molar-refractivity contribution in [3.63, 3.8) is 0 Å². The van der Waals surface area contributed by atoms with Gasteiger partial charge in [0.1, 0.15) is 6.10 Å². The highest BCUT2D eigenvalue weighted by molar-refractivity contribution is 5.25. The summed E-state index contributed by atoms with van der Waals surface area (Å²) in [7, 11) is 1.78. The van der Waals surface area contributed by atoms with Crippen LogP contribution in [0.4, 0.5) is 0 Å². The van der Waals surface area contributed by atoms with Gasteiger partial charge in [0.25, 0.3) is 0 Å². The van der Waals surface area contributed by atoms with E-state index in [9.17, 15) is 0 Å². The molecule has 0 amide bonds. The van der Waals surface area contributed by atoms with Gasteiger partial charge in [-0.1, -0.05) is 30.3 Å². The number of likely N-dealkylation sites (N-methyl/N-ethyl adjacent to an activating group) is 1. The van der Waals surface area contributed by atoms with E-state index in [1.54, 1.807) is 17.9 Å². The van der Waals surface area contributed by atoms with Gasteiger partial charge in [-0.15, -0.1) is 0 Å². The lowest BCUT2D eigenvalue weighted by molar-refractivity contribution is 0.0638. The third-order valence-electron chi connectivity index (χ3n) is 2.83. The zero-order chi connectivity index (χ0) is 18.7. The molecule has 1 unspecified atom stereocenters. The molecular formula is C15H21N3O. The third-order valence-corrected chi connectivity index (χ3v) is 2.83. The number of rotatable bonds is 6. The van der Waals surface area contributed by atoms with Crippen LogP contribution in [0.5, 0.6) is 0 Å². The lowest BCUT2D eigenvalue weighted by Gasteiger charge is -2.20. The first-order chi connectivity index (χ1) is 11.6. The SMILES string of the molecule is [2H]C([2H])([2H])N(CCOC(c1ccccc1)c1ccnn1C)C([2H])([2H])[2H]. The Morgan fingerprint density at radius 2 is 2.11 bits per heavy atom. The molecule has 0 bridgehead atoms. The zero-order valence-corrected chi connectivity index (χ0v) is 10.8. The number of hydrogen-bond acceptors (Lipinski definition) is 3. The molecule has 0 radical (unpaired) electrons. The minimum Gasteiger partial charge on any atom is -0.366 e. The maximum atomic E-state index is 7.40. The highest BCUT2D eigenvalue weighted by atomic mass is 16.5. The first-order valence-electron chi connectivity index (χ1n) is 9.03. The lowest BCUT2D eigenvalue weighted by atomic mass is 10.1. The highest BCUT2D eigenvalue weighted by Gasteiger charge is 2.17. The maximum absolute atomic E-state index is 7.40. The Labute approximate surface area is 123 Å². The monoisotopic (exact) mass is 265 g/mol. The molecule has 0 fully saturated rings. The van der Waals surface area contributed by atoms with Crippen LogP contribution in [0.2, 0.25) is 0 Å². The molecule has 0 aliphatic rings. The van der Waals surface area contributed by atoms with Gasteiger partial charge in [-0.3, -0.25) is 4.68 Å². The fraction of sp³-hybridized carbons (Fsp3) is 0.400. The predicted molar refractivity (Wildman–Crippen MR) is 76.0 cm³/mol. The van der Waals surface area contributed by atoms with E-state index < -0.39 is 20.1 Å². The molecule has 19 heavy (non-hydrogen) atoms. The van der Waals surface area contributed by atoms with E-state index in [1.165, 1.54) is 0 Å². The van der Waals surface area contributed by atoms with E-state index in [4.69, 9.17) is 13.0 Å². The predicted octanol–water partition coefficient (Wildman–Crippen LogP) is 2.09. The molecule has 1 aromatic heterocycles. The topological polar surface area (TPSA) is 30.3 Å². The Bertz CT molecular complexity index is 654.